The third kappa shape index (κ3) is 5.54. The number of hydrogen-bond acceptors (Lipinski definition) is 9. The van der Waals surface area contributed by atoms with E-state index in [-0.39, 0.29) is 17.6 Å². The lowest BCUT2D eigenvalue weighted by Gasteiger charge is -2.33. The number of aliphatic hydroxyl groups excluding tert-OH is 1. The third-order valence-electron chi connectivity index (χ3n) is 5.87. The van der Waals surface area contributed by atoms with Crippen LogP contribution in [0.15, 0.2) is 55.2 Å². The lowest BCUT2D eigenvalue weighted by Crippen LogP contribution is -2.44. The van der Waals surface area contributed by atoms with Gasteiger partial charge in [-0.05, 0) is 31.5 Å². The summed E-state index contributed by atoms with van der Waals surface area (Å²) in [6.07, 6.45) is 1.56. The molecule has 0 bridgehead atoms. The predicted octanol–water partition coefficient (Wildman–Crippen LogP) is 2.43. The van der Waals surface area contributed by atoms with Crippen LogP contribution in [0.1, 0.15) is 30.6 Å². The van der Waals surface area contributed by atoms with Crippen LogP contribution < -0.4 is 10.6 Å². The van der Waals surface area contributed by atoms with Crippen LogP contribution in [0.4, 0.5) is 19.0 Å². The highest BCUT2D eigenvalue weighted by atomic mass is 19.4. The van der Waals surface area contributed by atoms with Crippen molar-refractivity contribution in [3.05, 3.63) is 72.5 Å². The number of alkyl halides is 3. The molecule has 1 fully saturated rings. The first-order chi connectivity index (χ1) is 16.8. The molecule has 0 amide bonds. The van der Waals surface area contributed by atoms with Crippen LogP contribution in [-0.2, 0) is 6.18 Å². The van der Waals surface area contributed by atoms with E-state index < -0.39 is 18.1 Å². The Morgan fingerprint density at radius 1 is 1.00 bits per heavy atom. The van der Waals surface area contributed by atoms with Crippen LogP contribution in [0, 0.1) is 0 Å². The van der Waals surface area contributed by atoms with Crippen LogP contribution in [-0.4, -0.2) is 66.8 Å². The van der Waals surface area contributed by atoms with E-state index >= 15 is 0 Å². The molecule has 2 atom stereocenters. The van der Waals surface area contributed by atoms with E-state index in [9.17, 15) is 18.3 Å². The van der Waals surface area contributed by atoms with Gasteiger partial charge in [-0.2, -0.15) is 13.2 Å². The van der Waals surface area contributed by atoms with Crippen LogP contribution in [0.3, 0.4) is 0 Å². The first-order valence-electron chi connectivity index (χ1n) is 11.0. The van der Waals surface area contributed by atoms with Crippen LogP contribution in [0.25, 0.3) is 11.3 Å². The zero-order valence-electron chi connectivity index (χ0n) is 19.0. The maximum Gasteiger partial charge on any atom is 0.434 e. The molecule has 0 aromatic carbocycles. The van der Waals surface area contributed by atoms with Crippen molar-refractivity contribution in [2.45, 2.75) is 31.8 Å². The Morgan fingerprint density at radius 2 is 1.74 bits per heavy atom. The molecule has 35 heavy (non-hydrogen) atoms. The average Bonchev–Trinajstić information content (AvgIpc) is 3.06. The molecule has 0 saturated carbocycles. The molecule has 4 heterocycles. The molecule has 1 aliphatic heterocycles. The molecule has 12 heteroatoms. The molecule has 184 valence electrons. The fourth-order valence-electron chi connectivity index (χ4n) is 3.96. The van der Waals surface area contributed by atoms with E-state index in [1.54, 1.807) is 42.9 Å². The van der Waals surface area contributed by atoms with Gasteiger partial charge in [0.15, 0.2) is 11.5 Å². The number of nitrogens with zero attached hydrogens (tertiary/aromatic N) is 7. The van der Waals surface area contributed by atoms with Gasteiger partial charge in [0.05, 0.1) is 23.8 Å². The first-order valence-corrected chi connectivity index (χ1v) is 11.0. The fraction of sp³-hybridized carbons (Fsp3) is 0.348. The highest BCUT2D eigenvalue weighted by molar-refractivity contribution is 5.87. The number of pyridine rings is 1. The van der Waals surface area contributed by atoms with E-state index in [0.29, 0.717) is 43.1 Å². The summed E-state index contributed by atoms with van der Waals surface area (Å²) in [5.74, 6) is 0.621. The number of halogens is 3. The largest absolute Gasteiger partial charge is 0.434 e. The number of aromatic nitrogens is 5. The molecular formula is C23H25F3N8O. The average molecular weight is 487 g/mol. The number of aliphatic hydroxyl groups is 1. The van der Waals surface area contributed by atoms with Crippen molar-refractivity contribution in [3.63, 3.8) is 0 Å². The van der Waals surface area contributed by atoms with Gasteiger partial charge in [-0.1, -0.05) is 6.07 Å². The fourth-order valence-corrected chi connectivity index (χ4v) is 3.96. The van der Waals surface area contributed by atoms with Crippen molar-refractivity contribution in [1.29, 1.82) is 0 Å². The van der Waals surface area contributed by atoms with Gasteiger partial charge in [0.2, 0.25) is 0 Å². The molecule has 0 aliphatic carbocycles. The Morgan fingerprint density at radius 3 is 2.37 bits per heavy atom. The maximum atomic E-state index is 12.8. The molecule has 9 nitrogen and oxygen atoms in total. The predicted molar refractivity (Wildman–Crippen MR) is 123 cm³/mol. The summed E-state index contributed by atoms with van der Waals surface area (Å²) in [7, 11) is 0. The van der Waals surface area contributed by atoms with E-state index in [0.717, 1.165) is 12.4 Å². The topological polar surface area (TPSA) is 117 Å². The Bertz CT molecular complexity index is 1140. The van der Waals surface area contributed by atoms with Crippen LogP contribution in [0.5, 0.6) is 0 Å². The summed E-state index contributed by atoms with van der Waals surface area (Å²) in [4.78, 5) is 24.0. The van der Waals surface area contributed by atoms with Crippen LogP contribution >= 0.6 is 0 Å². The molecule has 0 spiro atoms. The van der Waals surface area contributed by atoms with Gasteiger partial charge in [0.1, 0.15) is 12.0 Å². The maximum absolute atomic E-state index is 12.8. The quantitative estimate of drug-likeness (QED) is 0.561. The minimum atomic E-state index is -4.55. The Balaban J connectivity index is 1.60. The van der Waals surface area contributed by atoms with E-state index in [2.05, 4.69) is 24.9 Å². The summed E-state index contributed by atoms with van der Waals surface area (Å²) in [5, 5.41) is 11.5. The SMILES string of the molecule is C[C@@H]1CCN(c2cnc(C(F)(F)F)cn2)CCN1C(O)/C(=C(/N)c1ncccn1)c1ccccn1. The van der Waals surface area contributed by atoms with Gasteiger partial charge in [-0.3, -0.25) is 9.88 Å². The van der Waals surface area contributed by atoms with Crippen molar-refractivity contribution in [2.75, 3.05) is 24.5 Å². The lowest BCUT2D eigenvalue weighted by atomic mass is 10.0. The standard InChI is InChI=1S/C23H25F3N8O/c1-15-6-10-33(18-14-31-17(13-32-18)23(24,25)26)11-12-34(15)22(35)19(16-5-2-3-7-28-16)20(27)21-29-8-4-9-30-21/h2-5,7-9,13-15,22,35H,6,10-12,27H2,1H3/b20-19+/t15-,22?/m1/s1. The van der Waals surface area contributed by atoms with E-state index in [1.807, 2.05) is 16.7 Å². The summed E-state index contributed by atoms with van der Waals surface area (Å²) in [5.41, 5.74) is 6.48. The number of rotatable bonds is 5. The minimum Gasteiger partial charge on any atom is -0.395 e. The lowest BCUT2D eigenvalue weighted by molar-refractivity contribution is -0.141. The summed E-state index contributed by atoms with van der Waals surface area (Å²) < 4.78 is 38.5. The van der Waals surface area contributed by atoms with Gasteiger partial charge in [-0.15, -0.1) is 0 Å². The normalized spacial score (nSPS) is 19.1. The minimum absolute atomic E-state index is 0.0828. The molecule has 1 unspecified atom stereocenters. The molecule has 1 saturated heterocycles. The van der Waals surface area contributed by atoms with Crippen molar-refractivity contribution in [2.24, 2.45) is 5.73 Å². The molecular weight excluding hydrogens is 461 g/mol. The highest BCUT2D eigenvalue weighted by Crippen LogP contribution is 2.30. The van der Waals surface area contributed by atoms with Crippen LogP contribution in [0.2, 0.25) is 0 Å². The summed E-state index contributed by atoms with van der Waals surface area (Å²) in [6.45, 7) is 3.31. The zero-order chi connectivity index (χ0) is 25.0. The van der Waals surface area contributed by atoms with Gasteiger partial charge < -0.3 is 15.7 Å². The molecule has 3 N–H and O–H groups in total. The Kier molecular flexibility index (Phi) is 7.22. The van der Waals surface area contributed by atoms with E-state index in [4.69, 9.17) is 5.73 Å². The second-order valence-electron chi connectivity index (χ2n) is 8.11. The van der Waals surface area contributed by atoms with Crippen molar-refractivity contribution < 1.29 is 18.3 Å². The second kappa shape index (κ2) is 10.3. The van der Waals surface area contributed by atoms with Gasteiger partial charge in [0, 0.05) is 49.8 Å². The molecule has 1 aliphatic rings. The van der Waals surface area contributed by atoms with Gasteiger partial charge >= 0.3 is 6.18 Å². The number of anilines is 1. The smallest absolute Gasteiger partial charge is 0.395 e. The van der Waals surface area contributed by atoms with Gasteiger partial charge in [0.25, 0.3) is 0 Å². The molecule has 0 radical (unpaired) electrons. The molecule has 3 aromatic heterocycles. The Hall–Kier alpha value is -3.64. The van der Waals surface area contributed by atoms with Gasteiger partial charge in [-0.25, -0.2) is 19.9 Å². The van der Waals surface area contributed by atoms with Crippen molar-refractivity contribution in [1.82, 2.24) is 29.8 Å². The Labute approximate surface area is 200 Å². The highest BCUT2D eigenvalue weighted by Gasteiger charge is 2.34. The number of nitrogens with two attached hydrogens (primary N) is 1. The van der Waals surface area contributed by atoms with E-state index in [1.165, 1.54) is 0 Å². The first kappa shape index (κ1) is 24.5. The van der Waals surface area contributed by atoms with Crippen molar-refractivity contribution in [3.8, 4) is 0 Å². The van der Waals surface area contributed by atoms with Crippen molar-refractivity contribution >= 4 is 17.1 Å². The molecule has 3 aromatic rings. The third-order valence-corrected chi connectivity index (χ3v) is 5.87. The number of hydrogen-bond donors (Lipinski definition) is 2. The zero-order valence-corrected chi connectivity index (χ0v) is 19.0. The monoisotopic (exact) mass is 486 g/mol. The second-order valence-corrected chi connectivity index (χ2v) is 8.11. The summed E-state index contributed by atoms with van der Waals surface area (Å²) in [6, 6.07) is 6.90. The summed E-state index contributed by atoms with van der Waals surface area (Å²) >= 11 is 0. The molecule has 4 rings (SSSR count).